The molecule has 0 aromatic heterocycles. The highest BCUT2D eigenvalue weighted by Crippen LogP contribution is 2.17. The molecule has 0 heterocycles. The zero-order valence-corrected chi connectivity index (χ0v) is 19.4. The van der Waals surface area contributed by atoms with Crippen LogP contribution in [0, 0.1) is 0 Å². The summed E-state index contributed by atoms with van der Waals surface area (Å²) in [6.45, 7) is 4.26. The zero-order valence-electron chi connectivity index (χ0n) is 17.0. The molecule has 0 fully saturated rings. The molecule has 2 aromatic carbocycles. The average molecular weight is 512 g/mol. The third-order valence-electron chi connectivity index (χ3n) is 3.98. The van der Waals surface area contributed by atoms with Gasteiger partial charge in [0.05, 0.1) is 20.8 Å². The van der Waals surface area contributed by atoms with Gasteiger partial charge in [-0.1, -0.05) is 24.3 Å². The molecular formula is C21H29IN4O3. The van der Waals surface area contributed by atoms with Crippen molar-refractivity contribution >= 4 is 35.8 Å². The van der Waals surface area contributed by atoms with Crippen molar-refractivity contribution < 1.29 is 14.3 Å². The molecule has 1 amide bonds. The minimum absolute atomic E-state index is 0. The largest absolute Gasteiger partial charge is 0.497 e. The van der Waals surface area contributed by atoms with Gasteiger partial charge < -0.3 is 25.4 Å². The highest BCUT2D eigenvalue weighted by molar-refractivity contribution is 14.0. The summed E-state index contributed by atoms with van der Waals surface area (Å²) in [4.78, 5) is 16.8. The number of ether oxygens (including phenoxy) is 2. The van der Waals surface area contributed by atoms with E-state index in [2.05, 4.69) is 20.9 Å². The van der Waals surface area contributed by atoms with E-state index in [1.807, 2.05) is 31.2 Å². The number of carbonyl (C=O) groups excluding carboxylic acids is 1. The Morgan fingerprint density at radius 2 is 1.72 bits per heavy atom. The van der Waals surface area contributed by atoms with Crippen molar-refractivity contribution in [1.29, 1.82) is 0 Å². The van der Waals surface area contributed by atoms with Crippen molar-refractivity contribution in [3.05, 3.63) is 59.7 Å². The van der Waals surface area contributed by atoms with Crippen LogP contribution in [0.1, 0.15) is 22.8 Å². The fourth-order valence-corrected chi connectivity index (χ4v) is 2.56. The van der Waals surface area contributed by atoms with Crippen molar-refractivity contribution in [3.8, 4) is 11.5 Å². The van der Waals surface area contributed by atoms with Gasteiger partial charge in [0.2, 0.25) is 0 Å². The van der Waals surface area contributed by atoms with Crippen LogP contribution in [-0.4, -0.2) is 45.7 Å². The number of guanidine groups is 1. The summed E-state index contributed by atoms with van der Waals surface area (Å²) >= 11 is 0. The molecule has 0 atom stereocenters. The maximum Gasteiger partial charge on any atom is 0.251 e. The van der Waals surface area contributed by atoms with Crippen LogP contribution in [0.5, 0.6) is 11.5 Å². The lowest BCUT2D eigenvalue weighted by Gasteiger charge is -2.13. The second-order valence-corrected chi connectivity index (χ2v) is 5.92. The van der Waals surface area contributed by atoms with Crippen LogP contribution in [0.25, 0.3) is 0 Å². The molecule has 0 aliphatic rings. The number of rotatable bonds is 9. The number of hydrogen-bond donors (Lipinski definition) is 3. The minimum atomic E-state index is -0.142. The van der Waals surface area contributed by atoms with Gasteiger partial charge in [-0.3, -0.25) is 4.79 Å². The normalized spacial score (nSPS) is 10.5. The molecule has 0 saturated heterocycles. The van der Waals surface area contributed by atoms with Gasteiger partial charge in [-0.2, -0.15) is 0 Å². The molecule has 158 valence electrons. The van der Waals surface area contributed by atoms with Crippen LogP contribution in [0.3, 0.4) is 0 Å². The molecule has 0 spiro atoms. The van der Waals surface area contributed by atoms with Crippen molar-refractivity contribution in [2.24, 2.45) is 4.99 Å². The van der Waals surface area contributed by atoms with E-state index in [0.29, 0.717) is 36.9 Å². The topological polar surface area (TPSA) is 84.0 Å². The van der Waals surface area contributed by atoms with E-state index in [-0.39, 0.29) is 29.9 Å². The predicted octanol–water partition coefficient (Wildman–Crippen LogP) is 2.81. The molecule has 0 saturated carbocycles. The first-order chi connectivity index (χ1) is 13.7. The molecule has 0 bridgehead atoms. The molecule has 0 radical (unpaired) electrons. The van der Waals surface area contributed by atoms with E-state index >= 15 is 0 Å². The van der Waals surface area contributed by atoms with Crippen molar-refractivity contribution in [2.45, 2.75) is 13.5 Å². The Hall–Kier alpha value is -2.49. The summed E-state index contributed by atoms with van der Waals surface area (Å²) in [6, 6.07) is 14.9. The first-order valence-electron chi connectivity index (χ1n) is 9.24. The number of para-hydroxylation sites is 1. The molecule has 3 N–H and O–H groups in total. The van der Waals surface area contributed by atoms with E-state index in [0.717, 1.165) is 17.9 Å². The molecule has 0 unspecified atom stereocenters. The highest BCUT2D eigenvalue weighted by atomic mass is 127. The van der Waals surface area contributed by atoms with Crippen LogP contribution in [0.4, 0.5) is 0 Å². The standard InChI is InChI=1S/C21H28N4O3.HI/c1-4-22-21(25-15-17-8-5-6-11-19(17)28-3)24-13-12-23-20(26)16-9-7-10-18(14-16)27-2;/h5-11,14H,4,12-13,15H2,1-3H3,(H,23,26)(H2,22,24,25);1H. The first-order valence-corrected chi connectivity index (χ1v) is 9.24. The summed E-state index contributed by atoms with van der Waals surface area (Å²) < 4.78 is 10.5. The van der Waals surface area contributed by atoms with E-state index in [4.69, 9.17) is 9.47 Å². The lowest BCUT2D eigenvalue weighted by molar-refractivity contribution is 0.0954. The average Bonchev–Trinajstić information content (AvgIpc) is 2.74. The van der Waals surface area contributed by atoms with Crippen LogP contribution in [0.15, 0.2) is 53.5 Å². The molecular weight excluding hydrogens is 483 g/mol. The van der Waals surface area contributed by atoms with Crippen molar-refractivity contribution in [3.63, 3.8) is 0 Å². The lowest BCUT2D eigenvalue weighted by atomic mass is 10.2. The van der Waals surface area contributed by atoms with Gasteiger partial charge in [0, 0.05) is 30.8 Å². The minimum Gasteiger partial charge on any atom is -0.497 e. The third-order valence-corrected chi connectivity index (χ3v) is 3.98. The number of aliphatic imine (C=N–C) groups is 1. The number of benzene rings is 2. The SMILES string of the molecule is CCNC(=NCc1ccccc1OC)NCCNC(=O)c1cccc(OC)c1.I. The Balaban J connectivity index is 0.00000420. The zero-order chi connectivity index (χ0) is 20.2. The van der Waals surface area contributed by atoms with Gasteiger partial charge in [-0.15, -0.1) is 24.0 Å². The number of hydrogen-bond acceptors (Lipinski definition) is 4. The summed E-state index contributed by atoms with van der Waals surface area (Å²) in [7, 11) is 3.23. The van der Waals surface area contributed by atoms with Crippen LogP contribution >= 0.6 is 24.0 Å². The van der Waals surface area contributed by atoms with Crippen LogP contribution in [-0.2, 0) is 6.54 Å². The summed E-state index contributed by atoms with van der Waals surface area (Å²) in [6.07, 6.45) is 0. The molecule has 8 heteroatoms. The van der Waals surface area contributed by atoms with E-state index in [1.165, 1.54) is 0 Å². The Bertz CT molecular complexity index is 799. The molecule has 29 heavy (non-hydrogen) atoms. The monoisotopic (exact) mass is 512 g/mol. The number of nitrogens with one attached hydrogen (secondary N) is 3. The Kier molecular flexibility index (Phi) is 11.6. The van der Waals surface area contributed by atoms with Gasteiger partial charge in [0.25, 0.3) is 5.91 Å². The number of methoxy groups -OCH3 is 2. The third kappa shape index (κ3) is 8.18. The fourth-order valence-electron chi connectivity index (χ4n) is 2.56. The predicted molar refractivity (Wildman–Crippen MR) is 127 cm³/mol. The maximum atomic E-state index is 12.2. The molecule has 7 nitrogen and oxygen atoms in total. The Morgan fingerprint density at radius 1 is 0.966 bits per heavy atom. The molecule has 2 rings (SSSR count). The van der Waals surface area contributed by atoms with Gasteiger partial charge in [0.1, 0.15) is 11.5 Å². The Labute approximate surface area is 189 Å². The van der Waals surface area contributed by atoms with Crippen molar-refractivity contribution in [2.75, 3.05) is 33.9 Å². The van der Waals surface area contributed by atoms with Crippen LogP contribution in [0.2, 0.25) is 0 Å². The number of amides is 1. The van der Waals surface area contributed by atoms with Gasteiger partial charge in [-0.25, -0.2) is 4.99 Å². The van der Waals surface area contributed by atoms with E-state index in [9.17, 15) is 4.79 Å². The lowest BCUT2D eigenvalue weighted by Crippen LogP contribution is -2.41. The second kappa shape index (κ2) is 13.6. The molecule has 0 aliphatic carbocycles. The number of nitrogens with zero attached hydrogens (tertiary/aromatic N) is 1. The maximum absolute atomic E-state index is 12.2. The summed E-state index contributed by atoms with van der Waals surface area (Å²) in [5.41, 5.74) is 1.57. The van der Waals surface area contributed by atoms with Crippen LogP contribution < -0.4 is 25.4 Å². The van der Waals surface area contributed by atoms with Gasteiger partial charge >= 0.3 is 0 Å². The quantitative estimate of drug-likeness (QED) is 0.208. The first kappa shape index (κ1) is 24.5. The highest BCUT2D eigenvalue weighted by Gasteiger charge is 2.06. The van der Waals surface area contributed by atoms with Gasteiger partial charge in [-0.05, 0) is 31.2 Å². The fraction of sp³-hybridized carbons (Fsp3) is 0.333. The number of carbonyl (C=O) groups is 1. The molecule has 0 aliphatic heterocycles. The summed E-state index contributed by atoms with van der Waals surface area (Å²) in [5.74, 6) is 2.01. The van der Waals surface area contributed by atoms with Crippen molar-refractivity contribution in [1.82, 2.24) is 16.0 Å². The smallest absolute Gasteiger partial charge is 0.251 e. The number of halogens is 1. The Morgan fingerprint density at radius 3 is 2.45 bits per heavy atom. The molecule has 2 aromatic rings. The second-order valence-electron chi connectivity index (χ2n) is 5.92. The van der Waals surface area contributed by atoms with Gasteiger partial charge in [0.15, 0.2) is 5.96 Å². The summed E-state index contributed by atoms with van der Waals surface area (Å²) in [5, 5.41) is 9.29. The van der Waals surface area contributed by atoms with E-state index in [1.54, 1.807) is 38.5 Å². The van der Waals surface area contributed by atoms with E-state index < -0.39 is 0 Å².